The molecule has 1 fully saturated rings. The molecule has 2 rings (SSSR count). The van der Waals surface area contributed by atoms with Crippen LogP contribution in [0.15, 0.2) is 35.3 Å². The standard InChI is InChI=1S/C22H38N4OS/c1-5-23-22(25-20-13-10-14-21(15-20)28(27)6-2)24-16-18(3)26(4)17-19-11-8-7-9-12-19/h7-9,11-12,18,20-21H,5-6,10,13-17H2,1-4H3,(H2,23,24,25). The lowest BCUT2D eigenvalue weighted by Gasteiger charge is -2.30. The molecule has 0 bridgehead atoms. The fourth-order valence-corrected chi connectivity index (χ4v) is 5.00. The van der Waals surface area contributed by atoms with Crippen LogP contribution in [-0.2, 0) is 17.3 Å². The fourth-order valence-electron chi connectivity index (χ4n) is 3.65. The topological polar surface area (TPSA) is 56.7 Å². The van der Waals surface area contributed by atoms with E-state index in [1.165, 1.54) is 5.56 Å². The average molecular weight is 407 g/mol. The number of hydrogen-bond acceptors (Lipinski definition) is 3. The van der Waals surface area contributed by atoms with Gasteiger partial charge >= 0.3 is 0 Å². The molecule has 0 amide bonds. The lowest BCUT2D eigenvalue weighted by atomic mass is 9.95. The van der Waals surface area contributed by atoms with E-state index in [-0.39, 0.29) is 0 Å². The number of benzene rings is 1. The summed E-state index contributed by atoms with van der Waals surface area (Å²) in [7, 11) is 1.46. The van der Waals surface area contributed by atoms with E-state index in [0.717, 1.165) is 57.0 Å². The van der Waals surface area contributed by atoms with E-state index in [4.69, 9.17) is 4.99 Å². The first kappa shape index (κ1) is 22.9. The highest BCUT2D eigenvalue weighted by Crippen LogP contribution is 2.23. The third-order valence-electron chi connectivity index (χ3n) is 5.51. The Bertz CT molecular complexity index is 622. The molecule has 0 spiro atoms. The minimum Gasteiger partial charge on any atom is -0.357 e. The van der Waals surface area contributed by atoms with E-state index in [2.05, 4.69) is 66.8 Å². The van der Waals surface area contributed by atoms with Crippen molar-refractivity contribution < 1.29 is 4.21 Å². The molecule has 1 saturated carbocycles. The van der Waals surface area contributed by atoms with Crippen LogP contribution in [0.5, 0.6) is 0 Å². The zero-order valence-corrected chi connectivity index (χ0v) is 18.8. The van der Waals surface area contributed by atoms with Gasteiger partial charge in [-0.05, 0) is 45.7 Å². The summed E-state index contributed by atoms with van der Waals surface area (Å²) in [5, 5.41) is 7.30. The number of rotatable bonds is 9. The molecule has 0 aliphatic heterocycles. The second-order valence-corrected chi connectivity index (χ2v) is 9.77. The van der Waals surface area contributed by atoms with Crippen LogP contribution in [0.4, 0.5) is 0 Å². The maximum Gasteiger partial charge on any atom is 0.191 e. The Morgan fingerprint density at radius 3 is 2.71 bits per heavy atom. The molecule has 4 unspecified atom stereocenters. The Morgan fingerprint density at radius 2 is 2.04 bits per heavy atom. The summed E-state index contributed by atoms with van der Waals surface area (Å²) in [6.45, 7) is 8.85. The van der Waals surface area contributed by atoms with E-state index >= 15 is 0 Å². The van der Waals surface area contributed by atoms with Crippen molar-refractivity contribution in [2.24, 2.45) is 4.99 Å². The molecule has 6 heteroatoms. The van der Waals surface area contributed by atoms with Gasteiger partial charge < -0.3 is 10.6 Å². The molecule has 2 N–H and O–H groups in total. The van der Waals surface area contributed by atoms with Gasteiger partial charge in [-0.25, -0.2) is 0 Å². The van der Waals surface area contributed by atoms with Gasteiger partial charge in [0.15, 0.2) is 5.96 Å². The van der Waals surface area contributed by atoms with Crippen LogP contribution in [0.3, 0.4) is 0 Å². The van der Waals surface area contributed by atoms with E-state index in [0.29, 0.717) is 17.3 Å². The number of aliphatic imine (C=N–C) groups is 1. The third-order valence-corrected chi connectivity index (χ3v) is 7.25. The van der Waals surface area contributed by atoms with Crippen LogP contribution < -0.4 is 10.6 Å². The van der Waals surface area contributed by atoms with Gasteiger partial charge in [0.25, 0.3) is 0 Å². The zero-order valence-electron chi connectivity index (χ0n) is 18.0. The van der Waals surface area contributed by atoms with Crippen molar-refractivity contribution in [1.29, 1.82) is 0 Å². The van der Waals surface area contributed by atoms with Crippen LogP contribution in [0.25, 0.3) is 0 Å². The van der Waals surface area contributed by atoms with Crippen molar-refractivity contribution in [3.05, 3.63) is 35.9 Å². The maximum absolute atomic E-state index is 12.2. The number of hydrogen-bond donors (Lipinski definition) is 2. The van der Waals surface area contributed by atoms with Crippen LogP contribution in [-0.4, -0.2) is 58.3 Å². The summed E-state index contributed by atoms with van der Waals surface area (Å²) >= 11 is 0. The summed E-state index contributed by atoms with van der Waals surface area (Å²) in [6.07, 6.45) is 4.34. The van der Waals surface area contributed by atoms with Gasteiger partial charge in [-0.15, -0.1) is 0 Å². The highest BCUT2D eigenvalue weighted by atomic mass is 32.2. The Kier molecular flexibility index (Phi) is 9.99. The first-order valence-electron chi connectivity index (χ1n) is 10.7. The number of guanidine groups is 1. The molecule has 1 aromatic carbocycles. The van der Waals surface area contributed by atoms with Gasteiger partial charge in [-0.3, -0.25) is 14.1 Å². The second kappa shape index (κ2) is 12.2. The Balaban J connectivity index is 1.89. The molecule has 0 aromatic heterocycles. The minimum atomic E-state index is -0.696. The maximum atomic E-state index is 12.2. The first-order valence-corrected chi connectivity index (χ1v) is 12.1. The summed E-state index contributed by atoms with van der Waals surface area (Å²) < 4.78 is 12.2. The van der Waals surface area contributed by atoms with Crippen molar-refractivity contribution in [2.45, 2.75) is 70.3 Å². The lowest BCUT2D eigenvalue weighted by molar-refractivity contribution is 0.255. The van der Waals surface area contributed by atoms with E-state index in [1.54, 1.807) is 0 Å². The molecule has 0 saturated heterocycles. The molecule has 1 aliphatic rings. The predicted molar refractivity (Wildman–Crippen MR) is 121 cm³/mol. The number of nitrogens with zero attached hydrogens (tertiary/aromatic N) is 2. The predicted octanol–water partition coefficient (Wildman–Crippen LogP) is 3.14. The molecule has 5 nitrogen and oxygen atoms in total. The molecule has 0 heterocycles. The molecule has 28 heavy (non-hydrogen) atoms. The van der Waals surface area contributed by atoms with Crippen molar-refractivity contribution in [3.63, 3.8) is 0 Å². The summed E-state index contributed by atoms with van der Waals surface area (Å²) in [4.78, 5) is 7.17. The highest BCUT2D eigenvalue weighted by molar-refractivity contribution is 7.85. The van der Waals surface area contributed by atoms with Crippen LogP contribution in [0.1, 0.15) is 52.0 Å². The van der Waals surface area contributed by atoms with Gasteiger partial charge in [0.1, 0.15) is 0 Å². The smallest absolute Gasteiger partial charge is 0.191 e. The second-order valence-electron chi connectivity index (χ2n) is 7.77. The van der Waals surface area contributed by atoms with Crippen LogP contribution in [0.2, 0.25) is 0 Å². The largest absolute Gasteiger partial charge is 0.357 e. The Morgan fingerprint density at radius 1 is 1.29 bits per heavy atom. The van der Waals surface area contributed by atoms with Gasteiger partial charge in [0.05, 0.1) is 6.54 Å². The highest BCUT2D eigenvalue weighted by Gasteiger charge is 2.26. The van der Waals surface area contributed by atoms with Gasteiger partial charge in [-0.1, -0.05) is 43.7 Å². The molecule has 0 radical (unpaired) electrons. The van der Waals surface area contributed by atoms with Gasteiger partial charge in [-0.2, -0.15) is 0 Å². The molecular formula is C22H38N4OS. The number of nitrogens with one attached hydrogen (secondary N) is 2. The summed E-state index contributed by atoms with van der Waals surface area (Å²) in [6, 6.07) is 11.3. The first-order chi connectivity index (χ1) is 13.5. The molecule has 1 aromatic rings. The van der Waals surface area contributed by atoms with Crippen LogP contribution >= 0.6 is 0 Å². The average Bonchev–Trinajstić information content (AvgIpc) is 2.72. The van der Waals surface area contributed by atoms with Crippen molar-refractivity contribution in [2.75, 3.05) is 25.9 Å². The minimum absolute atomic E-state index is 0.329. The van der Waals surface area contributed by atoms with Gasteiger partial charge in [0, 0.05) is 47.0 Å². The molecule has 158 valence electrons. The molecule has 4 atom stereocenters. The fraction of sp³-hybridized carbons (Fsp3) is 0.682. The van der Waals surface area contributed by atoms with Crippen LogP contribution in [0, 0.1) is 0 Å². The quantitative estimate of drug-likeness (QED) is 0.489. The Hall–Kier alpha value is -1.40. The third kappa shape index (κ3) is 7.55. The number of likely N-dealkylation sites (N-methyl/N-ethyl adjacent to an activating group) is 1. The van der Waals surface area contributed by atoms with Crippen molar-refractivity contribution in [1.82, 2.24) is 15.5 Å². The molecule has 1 aliphatic carbocycles. The van der Waals surface area contributed by atoms with Crippen molar-refractivity contribution in [3.8, 4) is 0 Å². The van der Waals surface area contributed by atoms with Gasteiger partial charge in [0.2, 0.25) is 0 Å². The van der Waals surface area contributed by atoms with Crippen molar-refractivity contribution >= 4 is 16.8 Å². The molecular weight excluding hydrogens is 368 g/mol. The monoisotopic (exact) mass is 406 g/mol. The lowest BCUT2D eigenvalue weighted by Crippen LogP contribution is -2.47. The SMILES string of the molecule is CCNC(=NCC(C)N(C)Cc1ccccc1)NC1CCCC(S(=O)CC)C1. The van der Waals surface area contributed by atoms with E-state index < -0.39 is 10.8 Å². The Labute approximate surface area is 173 Å². The normalized spacial score (nSPS) is 22.7. The van der Waals surface area contributed by atoms with E-state index in [9.17, 15) is 4.21 Å². The summed E-state index contributed by atoms with van der Waals surface area (Å²) in [5.41, 5.74) is 1.32. The van der Waals surface area contributed by atoms with E-state index in [1.807, 2.05) is 6.92 Å². The summed E-state index contributed by atoms with van der Waals surface area (Å²) in [5.74, 6) is 1.65. The zero-order chi connectivity index (χ0) is 20.4.